The second kappa shape index (κ2) is 13.4. The first kappa shape index (κ1) is 22.5. The number of fused-ring (bicyclic) bond motifs is 4. The lowest BCUT2D eigenvalue weighted by Gasteiger charge is -2.23. The molecule has 2 aliphatic heterocycles. The van der Waals surface area contributed by atoms with Gasteiger partial charge in [0.1, 0.15) is 0 Å². The summed E-state index contributed by atoms with van der Waals surface area (Å²) in [6.45, 7) is 6.17. The molecule has 0 saturated carbocycles. The second-order valence-electron chi connectivity index (χ2n) is 7.47. The largest absolute Gasteiger partial charge is 0.379 e. The predicted octanol–water partition coefficient (Wildman–Crippen LogP) is 4.08. The van der Waals surface area contributed by atoms with E-state index in [1.54, 1.807) is 0 Å². The molecule has 7 nitrogen and oxygen atoms in total. The maximum Gasteiger partial charge on any atom is 0.224 e. The van der Waals surface area contributed by atoms with E-state index in [1.165, 1.54) is 0 Å². The quantitative estimate of drug-likeness (QED) is 0.303. The molecule has 2 aliphatic rings. The lowest BCUT2D eigenvalue weighted by atomic mass is 10.0. The molecule has 2 radical (unpaired) electrons. The second-order valence-corrected chi connectivity index (χ2v) is 7.47. The van der Waals surface area contributed by atoms with Gasteiger partial charge in [-0.2, -0.15) is 0 Å². The summed E-state index contributed by atoms with van der Waals surface area (Å²) in [5, 5.41) is 11.3. The summed E-state index contributed by atoms with van der Waals surface area (Å²) in [6, 6.07) is -0.476. The third kappa shape index (κ3) is 9.32. The Morgan fingerprint density at radius 1 is 0.963 bits per heavy atom. The normalized spacial score (nSPS) is 25.8. The molecule has 0 spiro atoms. The minimum absolute atomic E-state index is 0.0729. The van der Waals surface area contributed by atoms with Gasteiger partial charge < -0.3 is 18.9 Å². The van der Waals surface area contributed by atoms with Gasteiger partial charge in [0.15, 0.2) is 0 Å². The fourth-order valence-corrected chi connectivity index (χ4v) is 3.48. The predicted molar refractivity (Wildman–Crippen MR) is 102 cm³/mol. The van der Waals surface area contributed by atoms with E-state index in [9.17, 15) is 10.1 Å². The Morgan fingerprint density at radius 2 is 1.56 bits per heavy atom. The summed E-state index contributed by atoms with van der Waals surface area (Å²) < 4.78 is 23.3. The molecule has 2 heterocycles. The van der Waals surface area contributed by atoms with Gasteiger partial charge in [-0.15, -0.1) is 0 Å². The lowest BCUT2D eigenvalue weighted by Crippen LogP contribution is -2.25. The molecular weight excluding hydrogens is 350 g/mol. The molecule has 2 bridgehead atoms. The zero-order valence-corrected chi connectivity index (χ0v) is 16.4. The number of hydrogen-bond donors (Lipinski definition) is 0. The summed E-state index contributed by atoms with van der Waals surface area (Å²) in [5.74, 6) is 0. The highest BCUT2D eigenvalue weighted by atomic mass is 16.7. The van der Waals surface area contributed by atoms with E-state index in [-0.39, 0.29) is 17.1 Å². The zero-order valence-electron chi connectivity index (χ0n) is 16.4. The van der Waals surface area contributed by atoms with Crippen molar-refractivity contribution in [1.29, 1.82) is 0 Å². The summed E-state index contributed by atoms with van der Waals surface area (Å²) >= 11 is 0. The number of unbranched alkanes of at least 4 members (excludes halogenated alkanes) is 4. The van der Waals surface area contributed by atoms with Crippen LogP contribution in [0.5, 0.6) is 0 Å². The van der Waals surface area contributed by atoms with Crippen LogP contribution in [0.15, 0.2) is 0 Å². The van der Waals surface area contributed by atoms with Crippen LogP contribution >= 0.6 is 0 Å². The molecule has 0 aliphatic carbocycles. The molecule has 27 heavy (non-hydrogen) atoms. The number of hydrogen-bond acceptors (Lipinski definition) is 6. The number of rotatable bonds is 11. The third-order valence-corrected chi connectivity index (χ3v) is 5.13. The van der Waals surface area contributed by atoms with Crippen molar-refractivity contribution in [1.82, 2.24) is 0 Å². The third-order valence-electron chi connectivity index (χ3n) is 5.13. The van der Waals surface area contributed by atoms with E-state index >= 15 is 0 Å². The van der Waals surface area contributed by atoms with Gasteiger partial charge in [-0.05, 0) is 25.7 Å². The van der Waals surface area contributed by atoms with Crippen molar-refractivity contribution in [3.63, 3.8) is 0 Å². The van der Waals surface area contributed by atoms with Gasteiger partial charge >= 0.3 is 0 Å². The molecule has 0 aromatic heterocycles. The molecule has 0 N–H and O–H groups in total. The van der Waals surface area contributed by atoms with Crippen LogP contribution in [-0.4, -0.2) is 49.6 Å². The molecule has 2 fully saturated rings. The van der Waals surface area contributed by atoms with E-state index in [0.717, 1.165) is 44.9 Å². The van der Waals surface area contributed by atoms with Crippen LogP contribution < -0.4 is 0 Å². The summed E-state index contributed by atoms with van der Waals surface area (Å²) in [7, 11) is 0. The maximum absolute atomic E-state index is 11.3. The lowest BCUT2D eigenvalue weighted by molar-refractivity contribution is -0.524. The van der Waals surface area contributed by atoms with Crippen molar-refractivity contribution in [2.75, 3.05) is 26.4 Å². The van der Waals surface area contributed by atoms with Gasteiger partial charge in [-0.1, -0.05) is 32.6 Å². The summed E-state index contributed by atoms with van der Waals surface area (Å²) in [4.78, 5) is 11.2. The van der Waals surface area contributed by atoms with Crippen LogP contribution in [0.3, 0.4) is 0 Å². The Labute approximate surface area is 163 Å². The number of ether oxygens (including phenoxy) is 4. The van der Waals surface area contributed by atoms with Crippen LogP contribution in [-0.2, 0) is 18.9 Å². The van der Waals surface area contributed by atoms with E-state index in [2.05, 4.69) is 6.92 Å². The van der Waals surface area contributed by atoms with E-state index < -0.39 is 6.04 Å². The molecule has 0 aromatic rings. The topological polar surface area (TPSA) is 80.1 Å². The molecule has 3 atom stereocenters. The highest BCUT2D eigenvalue weighted by molar-refractivity contribution is 4.77. The van der Waals surface area contributed by atoms with Gasteiger partial charge in [0.05, 0.1) is 25.4 Å². The van der Waals surface area contributed by atoms with Crippen molar-refractivity contribution >= 4 is 0 Å². The van der Waals surface area contributed by atoms with Crippen LogP contribution in [0.25, 0.3) is 0 Å². The van der Waals surface area contributed by atoms with Gasteiger partial charge in [-0.3, -0.25) is 10.1 Å². The zero-order chi connectivity index (χ0) is 19.3. The highest BCUT2D eigenvalue weighted by Gasteiger charge is 2.28. The van der Waals surface area contributed by atoms with Crippen LogP contribution in [0.2, 0.25) is 0 Å². The monoisotopic (exact) mass is 385 g/mol. The van der Waals surface area contributed by atoms with Crippen LogP contribution in [0.1, 0.15) is 70.6 Å². The summed E-state index contributed by atoms with van der Waals surface area (Å²) in [5.41, 5.74) is 0. The average molecular weight is 386 g/mol. The van der Waals surface area contributed by atoms with E-state index in [1.807, 2.05) is 0 Å². The molecule has 156 valence electrons. The Morgan fingerprint density at radius 3 is 2.15 bits per heavy atom. The maximum atomic E-state index is 11.3. The fourth-order valence-electron chi connectivity index (χ4n) is 3.48. The molecular formula is C20H35NO6. The molecule has 0 aromatic carbocycles. The van der Waals surface area contributed by atoms with Gasteiger partial charge in [0.25, 0.3) is 0 Å². The van der Waals surface area contributed by atoms with Crippen LogP contribution in [0, 0.1) is 23.3 Å². The Balaban J connectivity index is 1.75. The van der Waals surface area contributed by atoms with Crippen molar-refractivity contribution in [3.05, 3.63) is 23.3 Å². The van der Waals surface area contributed by atoms with Gasteiger partial charge in [0.2, 0.25) is 12.3 Å². The molecule has 3 unspecified atom stereocenters. The first-order valence-corrected chi connectivity index (χ1v) is 10.5. The SMILES string of the molecule is [CH2]CCCCCCC(CCC[C]1OC2CCOCC(CCOC2)O1)[N+](=O)[O-]. The Hall–Kier alpha value is -0.760. The summed E-state index contributed by atoms with van der Waals surface area (Å²) in [6.07, 6.45) is 9.60. The standard InChI is InChI=1S/C20H35NO6/c1-2-3-4-5-6-8-17(21(22)23)9-7-10-20-26-18-11-13-24-16-19(27-20)12-14-25-15-18/h17-19H,1-16H2. The van der Waals surface area contributed by atoms with Crippen molar-refractivity contribution < 1.29 is 23.9 Å². The van der Waals surface area contributed by atoms with E-state index in [4.69, 9.17) is 18.9 Å². The van der Waals surface area contributed by atoms with E-state index in [0.29, 0.717) is 58.4 Å². The first-order valence-electron chi connectivity index (χ1n) is 10.5. The average Bonchev–Trinajstić information content (AvgIpc) is 2.81. The first-order chi connectivity index (χ1) is 13.2. The molecule has 2 rings (SSSR count). The smallest absolute Gasteiger partial charge is 0.224 e. The molecule has 7 heteroatoms. The van der Waals surface area contributed by atoms with Crippen molar-refractivity contribution in [3.8, 4) is 0 Å². The van der Waals surface area contributed by atoms with Gasteiger partial charge in [-0.25, -0.2) is 0 Å². The Bertz CT molecular complexity index is 378. The van der Waals surface area contributed by atoms with Crippen molar-refractivity contribution in [2.45, 2.75) is 88.9 Å². The van der Waals surface area contributed by atoms with Gasteiger partial charge in [0, 0.05) is 37.4 Å². The number of nitrogens with zero attached hydrogens (tertiary/aromatic N) is 1. The minimum atomic E-state index is -0.476. The highest BCUT2D eigenvalue weighted by Crippen LogP contribution is 2.25. The molecule has 0 amide bonds. The van der Waals surface area contributed by atoms with Crippen molar-refractivity contribution in [2.24, 2.45) is 0 Å². The number of nitro groups is 1. The minimum Gasteiger partial charge on any atom is -0.379 e. The Kier molecular flexibility index (Phi) is 11.2. The van der Waals surface area contributed by atoms with Crippen LogP contribution in [0.4, 0.5) is 0 Å². The molecule has 2 saturated heterocycles. The fraction of sp³-hybridized carbons (Fsp3) is 0.900.